The lowest BCUT2D eigenvalue weighted by molar-refractivity contribution is 0.0948. The van der Waals surface area contributed by atoms with Crippen LogP contribution in [0.4, 0.5) is 4.79 Å². The van der Waals surface area contributed by atoms with Crippen LogP contribution in [0, 0.1) is 0 Å². The number of likely N-dealkylation sites (tertiary alicyclic amines) is 1. The van der Waals surface area contributed by atoms with Crippen LogP contribution in [-0.2, 0) is 4.74 Å². The lowest BCUT2D eigenvalue weighted by Gasteiger charge is -2.31. The van der Waals surface area contributed by atoms with Crippen molar-refractivity contribution in [1.29, 1.82) is 0 Å². The number of aliphatic imine (C=N–C) groups is 1. The van der Waals surface area contributed by atoms with E-state index in [1.165, 1.54) is 6.20 Å². The maximum atomic E-state index is 11.8. The van der Waals surface area contributed by atoms with Gasteiger partial charge in [0, 0.05) is 38.1 Å². The lowest BCUT2D eigenvalue weighted by atomic mass is 10.1. The molecule has 1 aliphatic heterocycles. The van der Waals surface area contributed by atoms with E-state index >= 15 is 0 Å². The Labute approximate surface area is 176 Å². The first-order chi connectivity index (χ1) is 12.6. The number of guanidine groups is 1. The predicted molar refractivity (Wildman–Crippen MR) is 113 cm³/mol. The van der Waals surface area contributed by atoms with Gasteiger partial charge in [0.15, 0.2) is 5.96 Å². The molecule has 0 aliphatic carbocycles. The summed E-state index contributed by atoms with van der Waals surface area (Å²) in [4.78, 5) is 33.3. The Balaban J connectivity index is 0.00000364. The number of rotatable bonds is 6. The van der Waals surface area contributed by atoms with Gasteiger partial charge in [-0.05, 0) is 31.9 Å². The van der Waals surface area contributed by atoms with E-state index in [2.05, 4.69) is 20.6 Å². The minimum absolute atomic E-state index is 0. The molecule has 0 atom stereocenters. The van der Waals surface area contributed by atoms with Crippen LogP contribution in [0.25, 0.3) is 0 Å². The molecule has 0 unspecified atom stereocenters. The number of nitrogens with one attached hydrogen (secondary N) is 2. The topological polar surface area (TPSA) is 122 Å². The fourth-order valence-electron chi connectivity index (χ4n) is 2.62. The van der Waals surface area contributed by atoms with Crippen LogP contribution in [-0.4, -0.2) is 66.7 Å². The van der Waals surface area contributed by atoms with Crippen LogP contribution in [0.3, 0.4) is 0 Å². The summed E-state index contributed by atoms with van der Waals surface area (Å²) < 4.78 is 4.99. The summed E-state index contributed by atoms with van der Waals surface area (Å²) in [5.41, 5.74) is 6.40. The van der Waals surface area contributed by atoms with Crippen molar-refractivity contribution in [2.75, 3.05) is 32.8 Å². The number of pyridine rings is 1. The number of nitrogens with zero attached hydrogens (tertiary/aromatic N) is 3. The molecule has 9 nitrogen and oxygen atoms in total. The number of carbonyl (C=O) groups is 2. The molecule has 0 aromatic carbocycles. The molecule has 150 valence electrons. The zero-order chi connectivity index (χ0) is 18.8. The van der Waals surface area contributed by atoms with Crippen molar-refractivity contribution in [3.63, 3.8) is 0 Å². The van der Waals surface area contributed by atoms with E-state index in [4.69, 9.17) is 10.5 Å². The van der Waals surface area contributed by atoms with Crippen molar-refractivity contribution in [2.45, 2.75) is 25.8 Å². The predicted octanol–water partition coefficient (Wildman–Crippen LogP) is 0.955. The molecule has 1 aliphatic rings. The Morgan fingerprint density at radius 2 is 2.15 bits per heavy atom. The van der Waals surface area contributed by atoms with Gasteiger partial charge in [0.2, 0.25) is 0 Å². The minimum Gasteiger partial charge on any atom is -0.450 e. The van der Waals surface area contributed by atoms with Crippen molar-refractivity contribution in [2.24, 2.45) is 10.7 Å². The first kappa shape index (κ1) is 22.9. The third kappa shape index (κ3) is 7.97. The van der Waals surface area contributed by atoms with Crippen molar-refractivity contribution >= 4 is 41.9 Å². The van der Waals surface area contributed by atoms with E-state index in [0.29, 0.717) is 44.3 Å². The third-order valence-electron chi connectivity index (χ3n) is 3.98. The summed E-state index contributed by atoms with van der Waals surface area (Å²) in [5, 5.41) is 5.92. The van der Waals surface area contributed by atoms with E-state index in [-0.39, 0.29) is 42.0 Å². The number of aromatic nitrogens is 1. The van der Waals surface area contributed by atoms with E-state index in [1.807, 2.05) is 0 Å². The second kappa shape index (κ2) is 12.3. The van der Waals surface area contributed by atoms with Gasteiger partial charge in [0.25, 0.3) is 5.91 Å². The molecule has 2 heterocycles. The van der Waals surface area contributed by atoms with Crippen LogP contribution in [0.5, 0.6) is 0 Å². The number of amides is 2. The number of hydrogen-bond acceptors (Lipinski definition) is 5. The fourth-order valence-corrected chi connectivity index (χ4v) is 2.62. The highest BCUT2D eigenvalue weighted by Crippen LogP contribution is 2.11. The Bertz CT molecular complexity index is 620. The van der Waals surface area contributed by atoms with Crippen molar-refractivity contribution in [1.82, 2.24) is 20.5 Å². The van der Waals surface area contributed by atoms with Crippen LogP contribution < -0.4 is 16.4 Å². The Hall–Kier alpha value is -2.11. The largest absolute Gasteiger partial charge is 0.450 e. The second-order valence-corrected chi connectivity index (χ2v) is 5.87. The number of piperidine rings is 1. The molecule has 1 saturated heterocycles. The van der Waals surface area contributed by atoms with Gasteiger partial charge in [-0.25, -0.2) is 4.79 Å². The summed E-state index contributed by atoms with van der Waals surface area (Å²) >= 11 is 0. The summed E-state index contributed by atoms with van der Waals surface area (Å²) in [6, 6.07) is 3.58. The summed E-state index contributed by atoms with van der Waals surface area (Å²) in [6.45, 7) is 4.20. The normalized spacial score (nSPS) is 14.9. The lowest BCUT2D eigenvalue weighted by Crippen LogP contribution is -2.48. The molecule has 4 N–H and O–H groups in total. The van der Waals surface area contributed by atoms with Crippen LogP contribution in [0.2, 0.25) is 0 Å². The highest BCUT2D eigenvalue weighted by Gasteiger charge is 2.23. The van der Waals surface area contributed by atoms with Crippen LogP contribution in [0.15, 0.2) is 29.5 Å². The van der Waals surface area contributed by atoms with Crippen molar-refractivity contribution < 1.29 is 14.3 Å². The molecular formula is C17H27IN6O3. The zero-order valence-electron chi connectivity index (χ0n) is 15.4. The van der Waals surface area contributed by atoms with Crippen LogP contribution >= 0.6 is 24.0 Å². The van der Waals surface area contributed by atoms with Gasteiger partial charge in [-0.2, -0.15) is 0 Å². The van der Waals surface area contributed by atoms with Gasteiger partial charge in [-0.1, -0.05) is 0 Å². The van der Waals surface area contributed by atoms with E-state index in [0.717, 1.165) is 12.8 Å². The van der Waals surface area contributed by atoms with E-state index in [9.17, 15) is 9.59 Å². The average molecular weight is 490 g/mol. The van der Waals surface area contributed by atoms with Crippen LogP contribution in [0.1, 0.15) is 30.1 Å². The summed E-state index contributed by atoms with van der Waals surface area (Å²) in [5.74, 6) is 0.154. The van der Waals surface area contributed by atoms with Gasteiger partial charge in [0.05, 0.1) is 18.7 Å². The number of carbonyl (C=O) groups excluding carboxylic acids is 2. The molecule has 1 aromatic rings. The smallest absolute Gasteiger partial charge is 0.409 e. The molecule has 1 fully saturated rings. The van der Waals surface area contributed by atoms with E-state index in [1.54, 1.807) is 30.2 Å². The second-order valence-electron chi connectivity index (χ2n) is 5.87. The maximum Gasteiger partial charge on any atom is 0.409 e. The van der Waals surface area contributed by atoms with Crippen molar-refractivity contribution in [3.8, 4) is 0 Å². The summed E-state index contributed by atoms with van der Waals surface area (Å²) in [7, 11) is 0. The average Bonchev–Trinajstić information content (AvgIpc) is 2.66. The maximum absolute atomic E-state index is 11.8. The molecule has 0 bridgehead atoms. The number of nitrogens with two attached hydrogens (primary N) is 1. The highest BCUT2D eigenvalue weighted by molar-refractivity contribution is 14.0. The van der Waals surface area contributed by atoms with Crippen molar-refractivity contribution in [3.05, 3.63) is 30.1 Å². The molecular weight excluding hydrogens is 463 g/mol. The first-order valence-corrected chi connectivity index (χ1v) is 8.76. The minimum atomic E-state index is -0.267. The fraction of sp³-hybridized carbons (Fsp3) is 0.529. The molecule has 0 spiro atoms. The van der Waals surface area contributed by atoms with Gasteiger partial charge in [-0.3, -0.25) is 14.8 Å². The Morgan fingerprint density at radius 1 is 1.41 bits per heavy atom. The van der Waals surface area contributed by atoms with Gasteiger partial charge in [-0.15, -0.1) is 24.0 Å². The monoisotopic (exact) mass is 490 g/mol. The number of hydrogen-bond donors (Lipinski definition) is 3. The molecule has 10 heteroatoms. The molecule has 27 heavy (non-hydrogen) atoms. The van der Waals surface area contributed by atoms with Gasteiger partial charge < -0.3 is 26.0 Å². The molecule has 1 aromatic heterocycles. The molecule has 2 amide bonds. The third-order valence-corrected chi connectivity index (χ3v) is 3.98. The van der Waals surface area contributed by atoms with Gasteiger partial charge >= 0.3 is 6.09 Å². The standard InChI is InChI=1S/C17H26N6O3.HI/c1-2-26-17(25)23-10-5-14(6-11-23)22-16(18)21-9-8-20-15(24)13-4-3-7-19-12-13;/h3-4,7,12,14H,2,5-6,8-11H2,1H3,(H,20,24)(H3,18,21,22);1H. The SMILES string of the molecule is CCOC(=O)N1CCC(NC(N)=NCCNC(=O)c2cccnc2)CC1.I. The Morgan fingerprint density at radius 3 is 2.78 bits per heavy atom. The summed E-state index contributed by atoms with van der Waals surface area (Å²) in [6.07, 6.45) is 4.43. The molecule has 2 rings (SSSR count). The molecule has 0 radical (unpaired) electrons. The number of ether oxygens (including phenoxy) is 1. The molecule has 0 saturated carbocycles. The van der Waals surface area contributed by atoms with E-state index < -0.39 is 0 Å². The number of halogens is 1. The van der Waals surface area contributed by atoms with Gasteiger partial charge in [0.1, 0.15) is 0 Å². The Kier molecular flexibility index (Phi) is 10.5. The first-order valence-electron chi connectivity index (χ1n) is 8.76. The zero-order valence-corrected chi connectivity index (χ0v) is 17.7. The highest BCUT2D eigenvalue weighted by atomic mass is 127. The quantitative estimate of drug-likeness (QED) is 0.236.